The topological polar surface area (TPSA) is 61.0 Å². The van der Waals surface area contributed by atoms with E-state index in [4.69, 9.17) is 10.5 Å². The Labute approximate surface area is 77.6 Å². The number of ether oxygens (including phenoxy) is 1. The first-order valence-corrected chi connectivity index (χ1v) is 3.34. The van der Waals surface area contributed by atoms with Crippen LogP contribution >= 0.6 is 12.4 Å². The van der Waals surface area contributed by atoms with Crippen LogP contribution in [-0.2, 0) is 6.54 Å². The SMILES string of the molecule is COc1nc(C)cnc1CN.Cl. The van der Waals surface area contributed by atoms with Crippen LogP contribution in [-0.4, -0.2) is 17.1 Å². The average Bonchev–Trinajstić information content (AvgIpc) is 2.04. The van der Waals surface area contributed by atoms with Gasteiger partial charge in [-0.25, -0.2) is 4.98 Å². The lowest BCUT2D eigenvalue weighted by Crippen LogP contribution is -2.04. The lowest BCUT2D eigenvalue weighted by molar-refractivity contribution is 0.388. The van der Waals surface area contributed by atoms with Gasteiger partial charge in [0, 0.05) is 12.7 Å². The zero-order chi connectivity index (χ0) is 8.27. The standard InChI is InChI=1S/C7H11N3O.ClH/c1-5-4-9-6(3-8)7(10-5)11-2;/h4H,3,8H2,1-2H3;1H. The van der Waals surface area contributed by atoms with E-state index in [1.54, 1.807) is 13.3 Å². The van der Waals surface area contributed by atoms with E-state index in [2.05, 4.69) is 9.97 Å². The van der Waals surface area contributed by atoms with E-state index in [9.17, 15) is 0 Å². The molecule has 2 N–H and O–H groups in total. The Hall–Kier alpha value is -0.870. The van der Waals surface area contributed by atoms with Gasteiger partial charge in [-0.05, 0) is 6.92 Å². The summed E-state index contributed by atoms with van der Waals surface area (Å²) in [6.07, 6.45) is 1.67. The van der Waals surface area contributed by atoms with Gasteiger partial charge in [-0.1, -0.05) is 0 Å². The maximum atomic E-state index is 5.39. The van der Waals surface area contributed by atoms with Crippen molar-refractivity contribution in [3.8, 4) is 5.88 Å². The number of aromatic nitrogens is 2. The maximum absolute atomic E-state index is 5.39. The van der Waals surface area contributed by atoms with Crippen LogP contribution in [0.15, 0.2) is 6.20 Å². The Kier molecular flexibility index (Phi) is 4.54. The van der Waals surface area contributed by atoms with Crippen LogP contribution in [0.1, 0.15) is 11.4 Å². The average molecular weight is 190 g/mol. The molecule has 0 aliphatic carbocycles. The molecular weight excluding hydrogens is 178 g/mol. The third-order valence-electron chi connectivity index (χ3n) is 1.32. The molecule has 5 heteroatoms. The molecular formula is C7H12ClN3O. The van der Waals surface area contributed by atoms with Gasteiger partial charge in [0.15, 0.2) is 0 Å². The zero-order valence-corrected chi connectivity index (χ0v) is 7.89. The summed E-state index contributed by atoms with van der Waals surface area (Å²) in [7, 11) is 1.56. The molecule has 0 saturated carbocycles. The van der Waals surface area contributed by atoms with E-state index in [1.165, 1.54) is 0 Å². The Balaban J connectivity index is 0.00000121. The van der Waals surface area contributed by atoms with E-state index in [0.717, 1.165) is 5.69 Å². The van der Waals surface area contributed by atoms with Gasteiger partial charge in [0.1, 0.15) is 5.69 Å². The van der Waals surface area contributed by atoms with Gasteiger partial charge >= 0.3 is 0 Å². The first-order valence-electron chi connectivity index (χ1n) is 3.34. The molecule has 1 aromatic heterocycles. The minimum atomic E-state index is 0. The summed E-state index contributed by atoms with van der Waals surface area (Å²) in [5, 5.41) is 0. The highest BCUT2D eigenvalue weighted by Gasteiger charge is 2.02. The molecule has 4 nitrogen and oxygen atoms in total. The number of rotatable bonds is 2. The fraction of sp³-hybridized carbons (Fsp3) is 0.429. The van der Waals surface area contributed by atoms with Gasteiger partial charge in [0.2, 0.25) is 5.88 Å². The predicted octanol–water partition coefficient (Wildman–Crippen LogP) is 0.674. The minimum Gasteiger partial charge on any atom is -0.480 e. The van der Waals surface area contributed by atoms with E-state index < -0.39 is 0 Å². The largest absolute Gasteiger partial charge is 0.480 e. The molecule has 1 rings (SSSR count). The second-order valence-corrected chi connectivity index (χ2v) is 2.17. The summed E-state index contributed by atoms with van der Waals surface area (Å²) in [6.45, 7) is 2.21. The molecule has 0 radical (unpaired) electrons. The summed E-state index contributed by atoms with van der Waals surface area (Å²) in [5.74, 6) is 0.521. The van der Waals surface area contributed by atoms with Crippen LogP contribution in [0, 0.1) is 6.92 Å². The highest BCUT2D eigenvalue weighted by atomic mass is 35.5. The second-order valence-electron chi connectivity index (χ2n) is 2.17. The molecule has 0 unspecified atom stereocenters. The second kappa shape index (κ2) is 4.90. The molecule has 0 spiro atoms. The number of halogens is 1. The van der Waals surface area contributed by atoms with E-state index in [0.29, 0.717) is 18.1 Å². The molecule has 0 aliphatic rings. The molecule has 0 amide bonds. The third kappa shape index (κ3) is 2.32. The van der Waals surface area contributed by atoms with Crippen LogP contribution < -0.4 is 10.5 Å². The molecule has 0 saturated heterocycles. The van der Waals surface area contributed by atoms with E-state index in [-0.39, 0.29) is 12.4 Å². The molecule has 0 atom stereocenters. The van der Waals surface area contributed by atoms with Gasteiger partial charge in [0.25, 0.3) is 0 Å². The van der Waals surface area contributed by atoms with Crippen molar-refractivity contribution in [3.63, 3.8) is 0 Å². The summed E-state index contributed by atoms with van der Waals surface area (Å²) in [4.78, 5) is 8.15. The molecule has 0 aliphatic heterocycles. The number of nitrogens with two attached hydrogens (primary N) is 1. The highest BCUT2D eigenvalue weighted by molar-refractivity contribution is 5.85. The van der Waals surface area contributed by atoms with E-state index in [1.807, 2.05) is 6.92 Å². The Morgan fingerprint density at radius 3 is 2.75 bits per heavy atom. The maximum Gasteiger partial charge on any atom is 0.236 e. The van der Waals surface area contributed by atoms with Crippen LogP contribution in [0.2, 0.25) is 0 Å². The number of hydrogen-bond donors (Lipinski definition) is 1. The fourth-order valence-corrected chi connectivity index (χ4v) is 0.784. The number of methoxy groups -OCH3 is 1. The van der Waals surface area contributed by atoms with Crippen LogP contribution in [0.25, 0.3) is 0 Å². The van der Waals surface area contributed by atoms with Crippen molar-refractivity contribution in [2.45, 2.75) is 13.5 Å². The number of aryl methyl sites for hydroxylation is 1. The number of hydrogen-bond acceptors (Lipinski definition) is 4. The lowest BCUT2D eigenvalue weighted by atomic mass is 10.4. The zero-order valence-electron chi connectivity index (χ0n) is 7.07. The van der Waals surface area contributed by atoms with Crippen molar-refractivity contribution in [2.75, 3.05) is 7.11 Å². The highest BCUT2D eigenvalue weighted by Crippen LogP contribution is 2.10. The van der Waals surface area contributed by atoms with Crippen molar-refractivity contribution in [3.05, 3.63) is 17.6 Å². The Bertz CT molecular complexity index is 254. The molecule has 0 aromatic carbocycles. The van der Waals surface area contributed by atoms with Gasteiger partial charge < -0.3 is 10.5 Å². The predicted molar refractivity (Wildman–Crippen MR) is 48.5 cm³/mol. The van der Waals surface area contributed by atoms with Crippen LogP contribution in [0.4, 0.5) is 0 Å². The number of nitrogens with zero attached hydrogens (tertiary/aromatic N) is 2. The first kappa shape index (κ1) is 11.1. The minimum absolute atomic E-state index is 0. The van der Waals surface area contributed by atoms with Crippen molar-refractivity contribution in [1.29, 1.82) is 0 Å². The molecule has 0 bridgehead atoms. The van der Waals surface area contributed by atoms with Gasteiger partial charge in [-0.3, -0.25) is 4.98 Å². The van der Waals surface area contributed by atoms with Crippen LogP contribution in [0.5, 0.6) is 5.88 Å². The molecule has 1 aromatic rings. The molecule has 0 fully saturated rings. The fourth-order valence-electron chi connectivity index (χ4n) is 0.784. The summed E-state index contributed by atoms with van der Waals surface area (Å²) < 4.78 is 4.96. The summed E-state index contributed by atoms with van der Waals surface area (Å²) in [6, 6.07) is 0. The summed E-state index contributed by atoms with van der Waals surface area (Å²) in [5.41, 5.74) is 6.92. The van der Waals surface area contributed by atoms with Gasteiger partial charge in [-0.15, -0.1) is 12.4 Å². The van der Waals surface area contributed by atoms with Crippen molar-refractivity contribution in [2.24, 2.45) is 5.73 Å². The normalized spacial score (nSPS) is 8.92. The van der Waals surface area contributed by atoms with Crippen LogP contribution in [0.3, 0.4) is 0 Å². The molecule has 68 valence electrons. The molecule has 12 heavy (non-hydrogen) atoms. The first-order chi connectivity index (χ1) is 5.27. The Morgan fingerprint density at radius 2 is 2.25 bits per heavy atom. The quantitative estimate of drug-likeness (QED) is 0.743. The van der Waals surface area contributed by atoms with Crippen molar-refractivity contribution < 1.29 is 4.74 Å². The molecule has 1 heterocycles. The third-order valence-corrected chi connectivity index (χ3v) is 1.32. The van der Waals surface area contributed by atoms with Gasteiger partial charge in [0.05, 0.1) is 12.8 Å². The van der Waals surface area contributed by atoms with E-state index >= 15 is 0 Å². The van der Waals surface area contributed by atoms with Crippen molar-refractivity contribution in [1.82, 2.24) is 9.97 Å². The monoisotopic (exact) mass is 189 g/mol. The van der Waals surface area contributed by atoms with Gasteiger partial charge in [-0.2, -0.15) is 0 Å². The van der Waals surface area contributed by atoms with Crippen molar-refractivity contribution >= 4 is 12.4 Å². The smallest absolute Gasteiger partial charge is 0.236 e. The summed E-state index contributed by atoms with van der Waals surface area (Å²) >= 11 is 0. The lowest BCUT2D eigenvalue weighted by Gasteiger charge is -2.03. The Morgan fingerprint density at radius 1 is 1.58 bits per heavy atom.